The third-order valence-electron chi connectivity index (χ3n) is 3.81. The Morgan fingerprint density at radius 1 is 1.50 bits per heavy atom. The number of amides is 2. The van der Waals surface area contributed by atoms with Crippen molar-refractivity contribution in [1.29, 1.82) is 0 Å². The summed E-state index contributed by atoms with van der Waals surface area (Å²) < 4.78 is 13.7. The van der Waals surface area contributed by atoms with Crippen molar-refractivity contribution < 1.29 is 9.18 Å². The van der Waals surface area contributed by atoms with E-state index in [-0.39, 0.29) is 17.9 Å². The van der Waals surface area contributed by atoms with Crippen molar-refractivity contribution in [3.8, 4) is 0 Å². The Morgan fingerprint density at radius 2 is 2.36 bits per heavy atom. The van der Waals surface area contributed by atoms with Crippen molar-refractivity contribution in [2.75, 3.05) is 6.54 Å². The third-order valence-corrected chi connectivity index (χ3v) is 4.78. The van der Waals surface area contributed by atoms with E-state index in [0.717, 1.165) is 29.0 Å². The SMILES string of the molecule is Cc1cnc(CCNC(=O)NC2CCc3c(F)cccc32)s1. The van der Waals surface area contributed by atoms with Crippen molar-refractivity contribution in [2.24, 2.45) is 0 Å². The normalized spacial score (nSPS) is 16.4. The highest BCUT2D eigenvalue weighted by Gasteiger charge is 2.25. The number of carbonyl (C=O) groups excluding carboxylic acids is 1. The maximum Gasteiger partial charge on any atom is 0.315 e. The van der Waals surface area contributed by atoms with Crippen LogP contribution in [0.3, 0.4) is 0 Å². The van der Waals surface area contributed by atoms with Crippen LogP contribution in [0.4, 0.5) is 9.18 Å². The van der Waals surface area contributed by atoms with Crippen LogP contribution in [-0.2, 0) is 12.8 Å². The van der Waals surface area contributed by atoms with Gasteiger partial charge in [-0.25, -0.2) is 14.2 Å². The van der Waals surface area contributed by atoms with Crippen LogP contribution in [0.2, 0.25) is 0 Å². The molecule has 1 atom stereocenters. The minimum atomic E-state index is -0.213. The fraction of sp³-hybridized carbons (Fsp3) is 0.375. The number of urea groups is 1. The van der Waals surface area contributed by atoms with Crippen LogP contribution in [0.15, 0.2) is 24.4 Å². The summed E-state index contributed by atoms with van der Waals surface area (Å²) in [5, 5.41) is 6.78. The number of benzene rings is 1. The smallest absolute Gasteiger partial charge is 0.315 e. The summed E-state index contributed by atoms with van der Waals surface area (Å²) in [6, 6.07) is 4.73. The Bertz CT molecular complexity index is 686. The lowest BCUT2D eigenvalue weighted by Gasteiger charge is -2.14. The molecule has 1 aromatic carbocycles. The van der Waals surface area contributed by atoms with Gasteiger partial charge in [0.15, 0.2) is 0 Å². The zero-order chi connectivity index (χ0) is 15.5. The predicted octanol–water partition coefficient (Wildman–Crippen LogP) is 3.12. The Hall–Kier alpha value is -1.95. The molecule has 0 radical (unpaired) electrons. The number of hydrogen-bond donors (Lipinski definition) is 2. The molecule has 2 N–H and O–H groups in total. The second-order valence-corrected chi connectivity index (χ2v) is 6.73. The molecule has 0 bridgehead atoms. The number of carbonyl (C=O) groups is 1. The van der Waals surface area contributed by atoms with Gasteiger partial charge in [0.25, 0.3) is 0 Å². The minimum absolute atomic E-state index is 0.104. The van der Waals surface area contributed by atoms with Crippen molar-refractivity contribution in [2.45, 2.75) is 32.2 Å². The molecule has 6 heteroatoms. The highest BCUT2D eigenvalue weighted by molar-refractivity contribution is 7.11. The lowest BCUT2D eigenvalue weighted by atomic mass is 10.1. The van der Waals surface area contributed by atoms with E-state index in [1.165, 1.54) is 10.9 Å². The van der Waals surface area contributed by atoms with Gasteiger partial charge < -0.3 is 10.6 Å². The van der Waals surface area contributed by atoms with Crippen molar-refractivity contribution in [1.82, 2.24) is 15.6 Å². The average Bonchev–Trinajstić information content (AvgIpc) is 3.07. The van der Waals surface area contributed by atoms with Gasteiger partial charge in [0.05, 0.1) is 11.0 Å². The van der Waals surface area contributed by atoms with Crippen molar-refractivity contribution >= 4 is 17.4 Å². The fourth-order valence-electron chi connectivity index (χ4n) is 2.77. The van der Waals surface area contributed by atoms with Gasteiger partial charge in [0.2, 0.25) is 0 Å². The van der Waals surface area contributed by atoms with Gasteiger partial charge in [-0.3, -0.25) is 0 Å². The molecule has 1 heterocycles. The van der Waals surface area contributed by atoms with Gasteiger partial charge in [-0.2, -0.15) is 0 Å². The molecule has 1 aliphatic carbocycles. The monoisotopic (exact) mass is 319 g/mol. The Morgan fingerprint density at radius 3 is 3.14 bits per heavy atom. The van der Waals surface area contributed by atoms with E-state index >= 15 is 0 Å². The zero-order valence-electron chi connectivity index (χ0n) is 12.4. The molecule has 1 unspecified atom stereocenters. The lowest BCUT2D eigenvalue weighted by Crippen LogP contribution is -2.38. The molecule has 0 saturated carbocycles. The average molecular weight is 319 g/mol. The Balaban J connectivity index is 1.50. The van der Waals surface area contributed by atoms with E-state index in [2.05, 4.69) is 15.6 Å². The second kappa shape index (κ2) is 6.44. The van der Waals surface area contributed by atoms with E-state index in [0.29, 0.717) is 13.0 Å². The summed E-state index contributed by atoms with van der Waals surface area (Å²) >= 11 is 1.64. The van der Waals surface area contributed by atoms with E-state index in [4.69, 9.17) is 0 Å². The van der Waals surface area contributed by atoms with Crippen LogP contribution in [-0.4, -0.2) is 17.6 Å². The first-order valence-corrected chi connectivity index (χ1v) is 8.18. The molecule has 4 nitrogen and oxygen atoms in total. The molecule has 0 saturated heterocycles. The molecule has 22 heavy (non-hydrogen) atoms. The summed E-state index contributed by atoms with van der Waals surface area (Å²) in [7, 11) is 0. The molecular formula is C16H18FN3OS. The first-order chi connectivity index (χ1) is 10.6. The topological polar surface area (TPSA) is 54.0 Å². The standard InChI is InChI=1S/C16H18FN3OS/c1-10-9-19-15(22-10)7-8-18-16(21)20-14-6-5-11-12(14)3-2-4-13(11)17/h2-4,9,14H,5-8H2,1H3,(H2,18,20,21). The van der Waals surface area contributed by atoms with Gasteiger partial charge in [0, 0.05) is 24.0 Å². The maximum absolute atomic E-state index is 13.7. The molecule has 0 spiro atoms. The number of halogens is 1. The van der Waals surface area contributed by atoms with E-state index in [1.54, 1.807) is 17.4 Å². The molecule has 0 fully saturated rings. The largest absolute Gasteiger partial charge is 0.338 e. The third kappa shape index (κ3) is 3.27. The van der Waals surface area contributed by atoms with Crippen LogP contribution < -0.4 is 10.6 Å². The highest BCUT2D eigenvalue weighted by atomic mass is 32.1. The van der Waals surface area contributed by atoms with Gasteiger partial charge in [-0.05, 0) is 37.0 Å². The number of aryl methyl sites for hydroxylation is 1. The Kier molecular flexibility index (Phi) is 4.38. The van der Waals surface area contributed by atoms with Crippen LogP contribution in [0, 0.1) is 12.7 Å². The summed E-state index contributed by atoms with van der Waals surface area (Å²) in [6.07, 6.45) is 3.98. The maximum atomic E-state index is 13.7. The van der Waals surface area contributed by atoms with Gasteiger partial charge >= 0.3 is 6.03 Å². The number of aromatic nitrogens is 1. The number of nitrogens with zero attached hydrogens (tertiary/aromatic N) is 1. The van der Waals surface area contributed by atoms with Crippen LogP contribution in [0.5, 0.6) is 0 Å². The molecule has 2 aromatic rings. The van der Waals surface area contributed by atoms with Crippen molar-refractivity contribution in [3.63, 3.8) is 0 Å². The van der Waals surface area contributed by atoms with Crippen LogP contribution >= 0.6 is 11.3 Å². The minimum Gasteiger partial charge on any atom is -0.338 e. The second-order valence-electron chi connectivity index (χ2n) is 5.41. The molecule has 1 aromatic heterocycles. The van der Waals surface area contributed by atoms with E-state index in [9.17, 15) is 9.18 Å². The first-order valence-electron chi connectivity index (χ1n) is 7.36. The number of fused-ring (bicyclic) bond motifs is 1. The fourth-order valence-corrected chi connectivity index (χ4v) is 3.56. The van der Waals surface area contributed by atoms with Gasteiger partial charge in [-0.1, -0.05) is 12.1 Å². The number of rotatable bonds is 4. The van der Waals surface area contributed by atoms with Crippen LogP contribution in [0.1, 0.15) is 33.5 Å². The number of hydrogen-bond acceptors (Lipinski definition) is 3. The summed E-state index contributed by atoms with van der Waals surface area (Å²) in [5.74, 6) is -0.179. The summed E-state index contributed by atoms with van der Waals surface area (Å²) in [4.78, 5) is 17.4. The predicted molar refractivity (Wildman–Crippen MR) is 84.6 cm³/mol. The molecule has 3 rings (SSSR count). The molecule has 2 amide bonds. The van der Waals surface area contributed by atoms with Crippen molar-refractivity contribution in [3.05, 3.63) is 51.2 Å². The highest BCUT2D eigenvalue weighted by Crippen LogP contribution is 2.32. The summed E-state index contributed by atoms with van der Waals surface area (Å²) in [5.41, 5.74) is 1.62. The quantitative estimate of drug-likeness (QED) is 0.910. The molecular weight excluding hydrogens is 301 g/mol. The van der Waals surface area contributed by atoms with E-state index in [1.807, 2.05) is 19.2 Å². The Labute approximate surface area is 132 Å². The first kappa shape index (κ1) is 15.0. The summed E-state index contributed by atoms with van der Waals surface area (Å²) in [6.45, 7) is 2.56. The molecule has 116 valence electrons. The van der Waals surface area contributed by atoms with Gasteiger partial charge in [0.1, 0.15) is 5.82 Å². The number of nitrogens with one attached hydrogen (secondary N) is 2. The zero-order valence-corrected chi connectivity index (χ0v) is 13.2. The van der Waals surface area contributed by atoms with Gasteiger partial charge in [-0.15, -0.1) is 11.3 Å². The lowest BCUT2D eigenvalue weighted by molar-refractivity contribution is 0.237. The van der Waals surface area contributed by atoms with Crippen LogP contribution in [0.25, 0.3) is 0 Å². The number of thiazole rings is 1. The van der Waals surface area contributed by atoms with E-state index < -0.39 is 0 Å². The molecule has 1 aliphatic rings. The molecule has 0 aliphatic heterocycles.